The summed E-state index contributed by atoms with van der Waals surface area (Å²) in [7, 11) is -1.51. The quantitative estimate of drug-likeness (QED) is 0.182. The molecule has 1 amide bonds. The summed E-state index contributed by atoms with van der Waals surface area (Å²) in [6.07, 6.45) is -7.40. The van der Waals surface area contributed by atoms with Crippen LogP contribution in [-0.2, 0) is 35.0 Å². The van der Waals surface area contributed by atoms with E-state index in [1.807, 2.05) is 6.07 Å². The van der Waals surface area contributed by atoms with Crippen molar-refractivity contribution in [3.8, 4) is 0 Å². The molecule has 0 spiro atoms. The molecule has 0 N–H and O–H groups in total. The maximum Gasteiger partial charge on any atom is 0.421 e. The summed E-state index contributed by atoms with van der Waals surface area (Å²) in [5.74, 6) is -0.475. The van der Waals surface area contributed by atoms with Crippen LogP contribution in [0.1, 0.15) is 23.1 Å². The molecule has 47 heavy (non-hydrogen) atoms. The Morgan fingerprint density at radius 3 is 2.26 bits per heavy atom. The number of hydrogen-bond donors (Lipinski definition) is 0. The SMILES string of the molecule is C[Si](C)(C)CCOCn1nc(N2c3ccccc3CC[C@H]2C(=O)N2CCN(c3ncc(C(F)(F)F)cn3)CC2)cc(C(F)(F)F)c1=O. The molecule has 0 saturated carbocycles. The van der Waals surface area contributed by atoms with Crippen molar-refractivity contribution in [3.05, 3.63) is 69.8 Å². The molecule has 3 aromatic rings. The molecule has 0 radical (unpaired) electrons. The summed E-state index contributed by atoms with van der Waals surface area (Å²) in [6, 6.07) is 7.51. The predicted octanol–water partition coefficient (Wildman–Crippen LogP) is 5.18. The van der Waals surface area contributed by atoms with E-state index in [2.05, 4.69) is 34.7 Å². The highest BCUT2D eigenvalue weighted by atomic mass is 28.3. The fourth-order valence-corrected chi connectivity index (χ4v) is 6.25. The van der Waals surface area contributed by atoms with E-state index in [-0.39, 0.29) is 56.9 Å². The Balaban J connectivity index is 1.42. The molecule has 5 rings (SSSR count). The molecule has 2 aliphatic heterocycles. The van der Waals surface area contributed by atoms with E-state index in [1.54, 1.807) is 28.0 Å². The van der Waals surface area contributed by atoms with E-state index in [1.165, 1.54) is 4.90 Å². The highest BCUT2D eigenvalue weighted by Crippen LogP contribution is 2.38. The second-order valence-electron chi connectivity index (χ2n) is 12.7. The first-order chi connectivity index (χ1) is 22.0. The third-order valence-corrected chi connectivity index (χ3v) is 9.80. The molecule has 17 heteroatoms. The van der Waals surface area contributed by atoms with Gasteiger partial charge in [0.05, 0.1) is 5.56 Å². The van der Waals surface area contributed by atoms with Gasteiger partial charge in [-0.2, -0.15) is 26.3 Å². The monoisotopic (exact) mass is 683 g/mol. The van der Waals surface area contributed by atoms with Gasteiger partial charge in [0.15, 0.2) is 5.82 Å². The highest BCUT2D eigenvalue weighted by molar-refractivity contribution is 6.76. The molecule has 4 heterocycles. The van der Waals surface area contributed by atoms with Crippen LogP contribution in [0.15, 0.2) is 47.5 Å². The minimum absolute atomic E-state index is 0.0940. The fraction of sp³-hybridized carbons (Fsp3) is 0.500. The van der Waals surface area contributed by atoms with Crippen molar-refractivity contribution in [2.45, 2.75) is 63.7 Å². The number of carbonyl (C=O) groups excluding carboxylic acids is 1. The van der Waals surface area contributed by atoms with Gasteiger partial charge in [-0.25, -0.2) is 14.6 Å². The molecule has 0 unspecified atom stereocenters. The minimum atomic E-state index is -4.99. The third kappa shape index (κ3) is 7.94. The van der Waals surface area contributed by atoms with E-state index in [4.69, 9.17) is 4.74 Å². The Morgan fingerprint density at radius 1 is 0.979 bits per heavy atom. The predicted molar refractivity (Wildman–Crippen MR) is 164 cm³/mol. The van der Waals surface area contributed by atoms with E-state index in [0.29, 0.717) is 35.3 Å². The van der Waals surface area contributed by atoms with Gasteiger partial charge in [-0.3, -0.25) is 9.59 Å². The van der Waals surface area contributed by atoms with Crippen LogP contribution in [0, 0.1) is 0 Å². The number of para-hydroxylation sites is 1. The molecule has 254 valence electrons. The lowest BCUT2D eigenvalue weighted by Gasteiger charge is -2.42. The molecule has 10 nitrogen and oxygen atoms in total. The minimum Gasteiger partial charge on any atom is -0.359 e. The van der Waals surface area contributed by atoms with Crippen molar-refractivity contribution in [1.82, 2.24) is 24.6 Å². The molecule has 0 bridgehead atoms. The number of fused-ring (bicyclic) bond motifs is 1. The average molecular weight is 684 g/mol. The summed E-state index contributed by atoms with van der Waals surface area (Å²) < 4.78 is 87.6. The lowest BCUT2D eigenvalue weighted by Crippen LogP contribution is -2.55. The van der Waals surface area contributed by atoms with E-state index in [0.717, 1.165) is 11.6 Å². The van der Waals surface area contributed by atoms with Gasteiger partial charge in [0.25, 0.3) is 5.56 Å². The highest BCUT2D eigenvalue weighted by Gasteiger charge is 2.41. The lowest BCUT2D eigenvalue weighted by atomic mass is 9.94. The Bertz CT molecular complexity index is 1640. The molecule has 0 aliphatic carbocycles. The van der Waals surface area contributed by atoms with Gasteiger partial charge in [0.1, 0.15) is 18.3 Å². The van der Waals surface area contributed by atoms with E-state index >= 15 is 0 Å². The number of carbonyl (C=O) groups is 1. The summed E-state index contributed by atoms with van der Waals surface area (Å²) in [5.41, 5.74) is -2.43. The molecule has 2 aromatic heterocycles. The zero-order valence-electron chi connectivity index (χ0n) is 26.1. The fourth-order valence-electron chi connectivity index (χ4n) is 5.50. The third-order valence-electron chi connectivity index (χ3n) is 8.10. The first-order valence-corrected chi connectivity index (χ1v) is 18.8. The van der Waals surface area contributed by atoms with Crippen LogP contribution < -0.4 is 15.4 Å². The van der Waals surface area contributed by atoms with Crippen LogP contribution in [0.3, 0.4) is 0 Å². The Hall–Kier alpha value is -3.99. The van der Waals surface area contributed by atoms with Crippen LogP contribution in [0.25, 0.3) is 0 Å². The zero-order valence-corrected chi connectivity index (χ0v) is 27.1. The second-order valence-corrected chi connectivity index (χ2v) is 18.3. The average Bonchev–Trinajstić information content (AvgIpc) is 3.01. The standard InChI is InChI=1S/C30H35F6N7O3Si/c1-47(2,3)15-14-46-19-42-26(44)22(30(34,35)36)16-25(39-42)43-23-7-5-4-6-20(23)8-9-24(43)27(45)40-10-12-41(13-11-40)28-37-17-21(18-38-28)29(31,32)33/h4-7,16-18,24H,8-15,19H2,1-3H3/t24-/m0/s1. The first-order valence-electron chi connectivity index (χ1n) is 15.1. The van der Waals surface area contributed by atoms with Crippen molar-refractivity contribution in [3.63, 3.8) is 0 Å². The molecule has 1 fully saturated rings. The first kappa shape index (κ1) is 34.3. The number of amides is 1. The van der Waals surface area contributed by atoms with Gasteiger partial charge in [0, 0.05) is 65.0 Å². The van der Waals surface area contributed by atoms with Gasteiger partial charge >= 0.3 is 12.4 Å². The van der Waals surface area contributed by atoms with Crippen LogP contribution in [0.5, 0.6) is 0 Å². The number of alkyl halides is 6. The molecule has 1 atom stereocenters. The number of aromatic nitrogens is 4. The topological polar surface area (TPSA) is 96.7 Å². The van der Waals surface area contributed by atoms with Crippen LogP contribution in [0.4, 0.5) is 43.8 Å². The number of rotatable bonds is 8. The number of benzene rings is 1. The number of aryl methyl sites for hydroxylation is 1. The van der Waals surface area contributed by atoms with Crippen molar-refractivity contribution in [1.29, 1.82) is 0 Å². The van der Waals surface area contributed by atoms with Gasteiger partial charge in [-0.15, -0.1) is 5.10 Å². The van der Waals surface area contributed by atoms with Crippen LogP contribution in [0.2, 0.25) is 25.7 Å². The van der Waals surface area contributed by atoms with E-state index < -0.39 is 49.9 Å². The van der Waals surface area contributed by atoms with Crippen LogP contribution in [-0.4, -0.2) is 77.5 Å². The Kier molecular flexibility index (Phi) is 9.68. The number of nitrogens with zero attached hydrogens (tertiary/aromatic N) is 7. The lowest BCUT2D eigenvalue weighted by molar-refractivity contribution is -0.139. The Labute approximate surface area is 268 Å². The summed E-state index contributed by atoms with van der Waals surface area (Å²) in [4.78, 5) is 39.3. The molecular weight excluding hydrogens is 648 g/mol. The maximum atomic E-state index is 14.2. The summed E-state index contributed by atoms with van der Waals surface area (Å²) in [5, 5.41) is 4.30. The Morgan fingerprint density at radius 2 is 1.64 bits per heavy atom. The summed E-state index contributed by atoms with van der Waals surface area (Å²) in [6.45, 7) is 6.97. The molecule has 1 saturated heterocycles. The number of ether oxygens (including phenoxy) is 1. The second kappa shape index (κ2) is 13.3. The number of hydrogen-bond acceptors (Lipinski definition) is 8. The summed E-state index contributed by atoms with van der Waals surface area (Å²) >= 11 is 0. The maximum absolute atomic E-state index is 14.2. The molecule has 2 aliphatic rings. The molecule has 1 aromatic carbocycles. The smallest absolute Gasteiger partial charge is 0.359 e. The zero-order chi connectivity index (χ0) is 34.1. The largest absolute Gasteiger partial charge is 0.421 e. The number of piperazine rings is 1. The van der Waals surface area contributed by atoms with E-state index in [9.17, 15) is 35.9 Å². The van der Waals surface area contributed by atoms with Crippen molar-refractivity contribution in [2.75, 3.05) is 42.6 Å². The van der Waals surface area contributed by atoms with Crippen molar-refractivity contribution in [2.24, 2.45) is 0 Å². The van der Waals surface area contributed by atoms with Gasteiger partial charge in [-0.1, -0.05) is 37.8 Å². The van der Waals surface area contributed by atoms with Crippen molar-refractivity contribution < 1.29 is 35.9 Å². The molecular formula is C30H35F6N7O3Si. The van der Waals surface area contributed by atoms with Gasteiger partial charge in [0.2, 0.25) is 11.9 Å². The van der Waals surface area contributed by atoms with Gasteiger partial charge < -0.3 is 19.4 Å². The normalized spacial score (nSPS) is 17.6. The van der Waals surface area contributed by atoms with Crippen LogP contribution >= 0.6 is 0 Å². The van der Waals surface area contributed by atoms with Gasteiger partial charge in [-0.05, 0) is 30.5 Å². The number of halogens is 6. The number of anilines is 3. The van der Waals surface area contributed by atoms with Crippen molar-refractivity contribution >= 4 is 31.4 Å².